The van der Waals surface area contributed by atoms with Gasteiger partial charge in [0.15, 0.2) is 5.78 Å². The summed E-state index contributed by atoms with van der Waals surface area (Å²) < 4.78 is 6.93. The predicted molar refractivity (Wildman–Crippen MR) is 114 cm³/mol. The minimum Gasteiger partial charge on any atom is -0.383 e. The smallest absolute Gasteiger partial charge is 0.223 e. The van der Waals surface area contributed by atoms with Crippen LogP contribution in [-0.4, -0.2) is 77.2 Å². The van der Waals surface area contributed by atoms with E-state index in [1.54, 1.807) is 10.9 Å². The van der Waals surface area contributed by atoms with E-state index in [4.69, 9.17) is 10.5 Å². The van der Waals surface area contributed by atoms with E-state index < -0.39 is 0 Å². The number of benzene rings is 1. The third-order valence-electron chi connectivity index (χ3n) is 6.01. The van der Waals surface area contributed by atoms with Gasteiger partial charge in [-0.3, -0.25) is 14.5 Å². The van der Waals surface area contributed by atoms with E-state index in [1.807, 2.05) is 36.1 Å². The van der Waals surface area contributed by atoms with Crippen molar-refractivity contribution in [3.63, 3.8) is 0 Å². The molecule has 160 valence electrons. The minimum absolute atomic E-state index is 0.0330. The van der Waals surface area contributed by atoms with Crippen LogP contribution >= 0.6 is 0 Å². The number of nitrogens with zero attached hydrogens (tertiary/aromatic N) is 4. The number of nitrogens with two attached hydrogens (primary N) is 1. The van der Waals surface area contributed by atoms with Gasteiger partial charge in [0, 0.05) is 45.1 Å². The van der Waals surface area contributed by atoms with Crippen LogP contribution in [0.1, 0.15) is 28.8 Å². The van der Waals surface area contributed by atoms with E-state index in [-0.39, 0.29) is 17.6 Å². The number of morpholine rings is 1. The SMILES string of the molecule is Cc1ccc(-n2ncc(C(=O)[C@@H]3CCN(C(=O)CCN4CCOCC4)C3)c2N)cc1. The van der Waals surface area contributed by atoms with Crippen LogP contribution in [0.25, 0.3) is 5.69 Å². The highest BCUT2D eigenvalue weighted by Crippen LogP contribution is 2.26. The van der Waals surface area contributed by atoms with E-state index in [2.05, 4.69) is 10.00 Å². The predicted octanol–water partition coefficient (Wildman–Crippen LogP) is 1.52. The molecule has 2 saturated heterocycles. The molecule has 0 unspecified atom stereocenters. The maximum absolute atomic E-state index is 13.0. The highest BCUT2D eigenvalue weighted by atomic mass is 16.5. The molecule has 2 fully saturated rings. The fourth-order valence-electron chi connectivity index (χ4n) is 4.10. The third kappa shape index (κ3) is 4.39. The number of carbonyl (C=O) groups is 2. The number of hydrogen-bond donors (Lipinski definition) is 1. The standard InChI is InChI=1S/C22H29N5O3/c1-16-2-4-18(5-3-16)27-22(23)19(14-24-27)21(29)17-6-9-26(15-17)20(28)7-8-25-10-12-30-13-11-25/h2-5,14,17H,6-13,15,23H2,1H3/t17-/m1/s1. The van der Waals surface area contributed by atoms with Crippen LogP contribution < -0.4 is 5.73 Å². The van der Waals surface area contributed by atoms with Crippen molar-refractivity contribution in [2.75, 3.05) is 51.7 Å². The third-order valence-corrected chi connectivity index (χ3v) is 6.01. The van der Waals surface area contributed by atoms with E-state index in [9.17, 15) is 9.59 Å². The Labute approximate surface area is 176 Å². The summed E-state index contributed by atoms with van der Waals surface area (Å²) >= 11 is 0. The van der Waals surface area contributed by atoms with Crippen molar-refractivity contribution in [2.24, 2.45) is 5.92 Å². The number of anilines is 1. The molecule has 0 aliphatic carbocycles. The van der Waals surface area contributed by atoms with Gasteiger partial charge in [-0.2, -0.15) is 5.10 Å². The second kappa shape index (κ2) is 8.97. The molecule has 1 aromatic carbocycles. The zero-order valence-corrected chi connectivity index (χ0v) is 17.4. The zero-order chi connectivity index (χ0) is 21.1. The summed E-state index contributed by atoms with van der Waals surface area (Å²) in [6.45, 7) is 7.03. The summed E-state index contributed by atoms with van der Waals surface area (Å²) in [6, 6.07) is 7.82. The molecule has 3 heterocycles. The van der Waals surface area contributed by atoms with Crippen molar-refractivity contribution >= 4 is 17.5 Å². The summed E-state index contributed by atoms with van der Waals surface area (Å²) in [5, 5.41) is 4.32. The zero-order valence-electron chi connectivity index (χ0n) is 17.4. The minimum atomic E-state index is -0.227. The highest BCUT2D eigenvalue weighted by molar-refractivity contribution is 6.02. The monoisotopic (exact) mass is 411 g/mol. The van der Waals surface area contributed by atoms with E-state index in [1.165, 1.54) is 0 Å². The molecule has 0 spiro atoms. The molecule has 1 aromatic heterocycles. The van der Waals surface area contributed by atoms with Crippen molar-refractivity contribution in [3.05, 3.63) is 41.6 Å². The summed E-state index contributed by atoms with van der Waals surface area (Å²) in [5.41, 5.74) is 8.65. The summed E-state index contributed by atoms with van der Waals surface area (Å²) in [4.78, 5) is 29.7. The van der Waals surface area contributed by atoms with Crippen molar-refractivity contribution in [1.29, 1.82) is 0 Å². The van der Waals surface area contributed by atoms with Crippen LogP contribution in [-0.2, 0) is 9.53 Å². The largest absolute Gasteiger partial charge is 0.383 e. The molecule has 0 radical (unpaired) electrons. The highest BCUT2D eigenvalue weighted by Gasteiger charge is 2.33. The average molecular weight is 412 g/mol. The number of carbonyl (C=O) groups excluding carboxylic acids is 2. The average Bonchev–Trinajstić information content (AvgIpc) is 3.40. The van der Waals surface area contributed by atoms with Gasteiger partial charge < -0.3 is 15.4 Å². The maximum atomic E-state index is 13.0. The summed E-state index contributed by atoms with van der Waals surface area (Å²) in [5.74, 6) is 0.200. The lowest BCUT2D eigenvalue weighted by atomic mass is 9.98. The van der Waals surface area contributed by atoms with Crippen LogP contribution in [0.4, 0.5) is 5.82 Å². The number of amides is 1. The van der Waals surface area contributed by atoms with Gasteiger partial charge in [0.05, 0.1) is 30.7 Å². The molecule has 2 aromatic rings. The van der Waals surface area contributed by atoms with Gasteiger partial charge in [0.25, 0.3) is 0 Å². The molecule has 8 heteroatoms. The van der Waals surface area contributed by atoms with Gasteiger partial charge in [-0.1, -0.05) is 17.7 Å². The van der Waals surface area contributed by atoms with E-state index >= 15 is 0 Å². The Balaban J connectivity index is 1.35. The molecule has 4 rings (SSSR count). The fourth-order valence-corrected chi connectivity index (χ4v) is 4.10. The Hall–Kier alpha value is -2.71. The number of likely N-dealkylation sites (tertiary alicyclic amines) is 1. The Morgan fingerprint density at radius 3 is 2.63 bits per heavy atom. The van der Waals surface area contributed by atoms with Gasteiger partial charge in [-0.15, -0.1) is 0 Å². The first-order valence-corrected chi connectivity index (χ1v) is 10.6. The van der Waals surface area contributed by atoms with Crippen LogP contribution in [0, 0.1) is 12.8 Å². The summed E-state index contributed by atoms with van der Waals surface area (Å²) in [6.07, 6.45) is 2.69. The number of Topliss-reactive ketones (excluding diaryl/α,β-unsaturated/α-hetero) is 1. The number of hydrogen-bond acceptors (Lipinski definition) is 6. The van der Waals surface area contributed by atoms with Crippen LogP contribution in [0.5, 0.6) is 0 Å². The lowest BCUT2D eigenvalue weighted by Crippen LogP contribution is -2.39. The summed E-state index contributed by atoms with van der Waals surface area (Å²) in [7, 11) is 0. The van der Waals surface area contributed by atoms with Gasteiger partial charge >= 0.3 is 0 Å². The lowest BCUT2D eigenvalue weighted by Gasteiger charge is -2.27. The van der Waals surface area contributed by atoms with E-state index in [0.717, 1.165) is 44.1 Å². The first kappa shape index (κ1) is 20.6. The molecule has 0 bridgehead atoms. The first-order chi connectivity index (χ1) is 14.5. The molecular formula is C22H29N5O3. The second-order valence-corrected chi connectivity index (χ2v) is 8.08. The molecule has 2 aliphatic heterocycles. The molecule has 30 heavy (non-hydrogen) atoms. The topological polar surface area (TPSA) is 93.7 Å². The van der Waals surface area contributed by atoms with Crippen LogP contribution in [0.15, 0.2) is 30.5 Å². The molecule has 8 nitrogen and oxygen atoms in total. The lowest BCUT2D eigenvalue weighted by molar-refractivity contribution is -0.130. The number of ether oxygens (including phenoxy) is 1. The van der Waals surface area contributed by atoms with Gasteiger partial charge in [-0.25, -0.2) is 4.68 Å². The maximum Gasteiger partial charge on any atom is 0.223 e. The Bertz CT molecular complexity index is 902. The first-order valence-electron chi connectivity index (χ1n) is 10.6. The van der Waals surface area contributed by atoms with Crippen LogP contribution in [0.3, 0.4) is 0 Å². The van der Waals surface area contributed by atoms with Crippen molar-refractivity contribution in [2.45, 2.75) is 19.8 Å². The fraction of sp³-hybridized carbons (Fsp3) is 0.500. The van der Waals surface area contributed by atoms with Crippen LogP contribution in [0.2, 0.25) is 0 Å². The number of ketones is 1. The van der Waals surface area contributed by atoms with Crippen molar-refractivity contribution < 1.29 is 14.3 Å². The van der Waals surface area contributed by atoms with Crippen molar-refractivity contribution in [3.8, 4) is 5.69 Å². The van der Waals surface area contributed by atoms with Crippen molar-refractivity contribution in [1.82, 2.24) is 19.6 Å². The Kier molecular flexibility index (Phi) is 6.15. The molecular weight excluding hydrogens is 382 g/mol. The van der Waals surface area contributed by atoms with Gasteiger partial charge in [0.2, 0.25) is 5.91 Å². The van der Waals surface area contributed by atoms with Gasteiger partial charge in [-0.05, 0) is 25.5 Å². The Morgan fingerprint density at radius 2 is 1.90 bits per heavy atom. The molecule has 2 N–H and O–H groups in total. The molecule has 2 aliphatic rings. The number of rotatable bonds is 6. The molecule has 1 amide bonds. The molecule has 0 saturated carbocycles. The number of aromatic nitrogens is 2. The second-order valence-electron chi connectivity index (χ2n) is 8.08. The number of nitrogen functional groups attached to an aromatic ring is 1. The van der Waals surface area contributed by atoms with Gasteiger partial charge in [0.1, 0.15) is 5.82 Å². The van der Waals surface area contributed by atoms with E-state index in [0.29, 0.717) is 37.3 Å². The normalized spacial score (nSPS) is 19.9. The number of aryl methyl sites for hydroxylation is 1. The Morgan fingerprint density at radius 1 is 1.17 bits per heavy atom. The molecule has 1 atom stereocenters. The quantitative estimate of drug-likeness (QED) is 0.725.